The largest absolute Gasteiger partial charge is 0.326 e. The maximum absolute atomic E-state index is 12.5. The Balaban J connectivity index is 1.77. The highest BCUT2D eigenvalue weighted by Crippen LogP contribution is 2.25. The minimum atomic E-state index is 0.0987. The Bertz CT molecular complexity index is 786. The van der Waals surface area contributed by atoms with E-state index in [4.69, 9.17) is 0 Å². The molecule has 0 aliphatic carbocycles. The third-order valence-corrected chi connectivity index (χ3v) is 4.93. The Morgan fingerprint density at radius 1 is 1.29 bits per heavy atom. The van der Waals surface area contributed by atoms with Crippen LogP contribution < -0.4 is 5.32 Å². The van der Waals surface area contributed by atoms with Gasteiger partial charge in [-0.3, -0.25) is 9.20 Å². The van der Waals surface area contributed by atoms with E-state index in [9.17, 15) is 4.79 Å². The van der Waals surface area contributed by atoms with Gasteiger partial charge in [0.05, 0.1) is 5.69 Å². The van der Waals surface area contributed by atoms with E-state index in [1.165, 1.54) is 0 Å². The number of nitrogens with zero attached hydrogens (tertiary/aromatic N) is 2. The van der Waals surface area contributed by atoms with E-state index >= 15 is 0 Å². The van der Waals surface area contributed by atoms with Crippen molar-refractivity contribution in [2.75, 3.05) is 5.32 Å². The van der Waals surface area contributed by atoms with Crippen molar-refractivity contribution in [1.82, 2.24) is 9.38 Å². The molecule has 0 radical (unpaired) electrons. The van der Waals surface area contributed by atoms with Gasteiger partial charge in [0.25, 0.3) is 0 Å². The van der Waals surface area contributed by atoms with Gasteiger partial charge < -0.3 is 5.32 Å². The molecule has 1 N–H and O–H groups in total. The first-order valence-electron chi connectivity index (χ1n) is 8.54. The van der Waals surface area contributed by atoms with E-state index in [0.29, 0.717) is 0 Å². The molecule has 0 atom stereocenters. The van der Waals surface area contributed by atoms with Crippen LogP contribution in [0.4, 0.5) is 5.69 Å². The number of benzene rings is 1. The summed E-state index contributed by atoms with van der Waals surface area (Å²) in [5, 5.41) is 5.10. The molecule has 1 aromatic carbocycles. The lowest BCUT2D eigenvalue weighted by Gasteiger charge is -2.15. The second kappa shape index (κ2) is 7.62. The molecule has 0 aliphatic heterocycles. The summed E-state index contributed by atoms with van der Waals surface area (Å²) in [5.74, 6) is 0.225. The molecule has 3 rings (SSSR count). The summed E-state index contributed by atoms with van der Waals surface area (Å²) in [6, 6.07) is 7.93. The summed E-state index contributed by atoms with van der Waals surface area (Å²) < 4.78 is 2.02. The number of nitrogens with one attached hydrogen (secondary N) is 1. The molecule has 0 spiro atoms. The third kappa shape index (κ3) is 3.67. The van der Waals surface area contributed by atoms with Gasteiger partial charge in [-0.15, -0.1) is 11.3 Å². The summed E-state index contributed by atoms with van der Waals surface area (Å²) in [5.41, 5.74) is 2.79. The minimum Gasteiger partial charge on any atom is -0.326 e. The van der Waals surface area contributed by atoms with Crippen molar-refractivity contribution in [3.8, 4) is 11.3 Å². The van der Waals surface area contributed by atoms with E-state index in [-0.39, 0.29) is 11.8 Å². The van der Waals surface area contributed by atoms with Crippen LogP contribution in [-0.2, 0) is 4.79 Å². The maximum Gasteiger partial charge on any atom is 0.227 e. The van der Waals surface area contributed by atoms with E-state index < -0.39 is 0 Å². The molecule has 0 bridgehead atoms. The van der Waals surface area contributed by atoms with Crippen LogP contribution in [0, 0.1) is 5.92 Å². The molecule has 2 aromatic heterocycles. The van der Waals surface area contributed by atoms with Crippen molar-refractivity contribution >= 4 is 27.9 Å². The number of carbonyl (C=O) groups is 1. The van der Waals surface area contributed by atoms with Crippen LogP contribution in [0.3, 0.4) is 0 Å². The Hall–Kier alpha value is -2.14. The Kier molecular flexibility index (Phi) is 5.30. The predicted molar refractivity (Wildman–Crippen MR) is 100 cm³/mol. The van der Waals surface area contributed by atoms with Gasteiger partial charge in [-0.1, -0.05) is 38.8 Å². The highest BCUT2D eigenvalue weighted by Gasteiger charge is 2.17. The summed E-state index contributed by atoms with van der Waals surface area (Å²) in [6.07, 6.45) is 7.96. The average molecular weight is 341 g/mol. The number of aromatic nitrogens is 2. The second-order valence-corrected chi connectivity index (χ2v) is 6.94. The standard InChI is InChI=1S/C19H23N3OS/c1-3-6-14(7-4-2)18(23)20-16-9-5-8-15(12-16)17-13-22-10-11-24-19(22)21-17/h5,8-14H,3-4,6-7H2,1-2H3,(H,20,23). The Labute approximate surface area is 146 Å². The highest BCUT2D eigenvalue weighted by molar-refractivity contribution is 7.15. The van der Waals surface area contributed by atoms with Gasteiger partial charge in [-0.2, -0.15) is 0 Å². The molecule has 0 unspecified atom stereocenters. The lowest BCUT2D eigenvalue weighted by atomic mass is 9.97. The topological polar surface area (TPSA) is 46.4 Å². The van der Waals surface area contributed by atoms with Gasteiger partial charge >= 0.3 is 0 Å². The number of hydrogen-bond donors (Lipinski definition) is 1. The number of carbonyl (C=O) groups excluding carboxylic acids is 1. The molecule has 126 valence electrons. The summed E-state index contributed by atoms with van der Waals surface area (Å²) in [7, 11) is 0. The molecule has 4 nitrogen and oxygen atoms in total. The first-order chi connectivity index (χ1) is 11.7. The van der Waals surface area contributed by atoms with Crippen molar-refractivity contribution in [2.24, 2.45) is 5.92 Å². The summed E-state index contributed by atoms with van der Waals surface area (Å²) in [4.78, 5) is 18.1. The third-order valence-electron chi connectivity index (χ3n) is 4.16. The molecular formula is C19H23N3OS. The number of thiazole rings is 1. The lowest BCUT2D eigenvalue weighted by molar-refractivity contribution is -0.120. The fourth-order valence-electron chi connectivity index (χ4n) is 2.97. The van der Waals surface area contributed by atoms with Crippen LogP contribution in [0.1, 0.15) is 39.5 Å². The molecule has 24 heavy (non-hydrogen) atoms. The monoisotopic (exact) mass is 341 g/mol. The van der Waals surface area contributed by atoms with E-state index in [2.05, 4.69) is 24.1 Å². The van der Waals surface area contributed by atoms with Crippen molar-refractivity contribution in [3.05, 3.63) is 42.0 Å². The van der Waals surface area contributed by atoms with Crippen LogP contribution in [0.2, 0.25) is 0 Å². The number of fused-ring (bicyclic) bond motifs is 1. The SMILES string of the molecule is CCCC(CCC)C(=O)Nc1cccc(-c2cn3ccsc3n2)c1. The zero-order valence-electron chi connectivity index (χ0n) is 14.2. The molecule has 0 aliphatic rings. The number of anilines is 1. The summed E-state index contributed by atoms with van der Waals surface area (Å²) >= 11 is 1.61. The van der Waals surface area contributed by atoms with Crippen LogP contribution in [0.5, 0.6) is 0 Å². The van der Waals surface area contributed by atoms with Gasteiger partial charge in [0.1, 0.15) is 0 Å². The van der Waals surface area contributed by atoms with Gasteiger partial charge in [-0.25, -0.2) is 4.98 Å². The van der Waals surface area contributed by atoms with Gasteiger partial charge in [-0.05, 0) is 25.0 Å². The first-order valence-corrected chi connectivity index (χ1v) is 9.42. The fourth-order valence-corrected chi connectivity index (χ4v) is 3.67. The average Bonchev–Trinajstić information content (AvgIpc) is 3.16. The smallest absolute Gasteiger partial charge is 0.227 e. The van der Waals surface area contributed by atoms with Crippen molar-refractivity contribution < 1.29 is 4.79 Å². The van der Waals surface area contributed by atoms with Crippen molar-refractivity contribution in [2.45, 2.75) is 39.5 Å². The van der Waals surface area contributed by atoms with Crippen LogP contribution >= 0.6 is 11.3 Å². The number of hydrogen-bond acceptors (Lipinski definition) is 3. The Morgan fingerprint density at radius 3 is 2.79 bits per heavy atom. The number of rotatable bonds is 7. The first kappa shape index (κ1) is 16.7. The zero-order valence-corrected chi connectivity index (χ0v) is 15.0. The van der Waals surface area contributed by atoms with E-state index in [1.54, 1.807) is 11.3 Å². The second-order valence-electron chi connectivity index (χ2n) is 6.06. The van der Waals surface area contributed by atoms with Crippen molar-refractivity contribution in [3.63, 3.8) is 0 Å². The highest BCUT2D eigenvalue weighted by atomic mass is 32.1. The van der Waals surface area contributed by atoms with E-state index in [1.807, 2.05) is 46.4 Å². The zero-order chi connectivity index (χ0) is 16.9. The molecule has 5 heteroatoms. The molecule has 0 saturated carbocycles. The minimum absolute atomic E-state index is 0.0987. The Morgan fingerprint density at radius 2 is 2.08 bits per heavy atom. The quantitative estimate of drug-likeness (QED) is 0.640. The van der Waals surface area contributed by atoms with Crippen LogP contribution in [0.15, 0.2) is 42.0 Å². The molecule has 1 amide bonds. The van der Waals surface area contributed by atoms with Crippen molar-refractivity contribution in [1.29, 1.82) is 0 Å². The van der Waals surface area contributed by atoms with E-state index in [0.717, 1.165) is 47.6 Å². The molecule has 0 saturated heterocycles. The molecular weight excluding hydrogens is 318 g/mol. The lowest BCUT2D eigenvalue weighted by Crippen LogP contribution is -2.22. The normalized spacial score (nSPS) is 11.3. The van der Waals surface area contributed by atoms with Crippen LogP contribution in [0.25, 0.3) is 16.2 Å². The van der Waals surface area contributed by atoms with Gasteiger partial charge in [0, 0.05) is 34.9 Å². The molecule has 2 heterocycles. The predicted octanol–water partition coefficient (Wildman–Crippen LogP) is 5.22. The van der Waals surface area contributed by atoms with Gasteiger partial charge in [0.2, 0.25) is 5.91 Å². The summed E-state index contributed by atoms with van der Waals surface area (Å²) in [6.45, 7) is 4.25. The van der Waals surface area contributed by atoms with Crippen LogP contribution in [-0.4, -0.2) is 15.3 Å². The fraction of sp³-hybridized carbons (Fsp3) is 0.368. The molecule has 3 aromatic rings. The maximum atomic E-state index is 12.5. The van der Waals surface area contributed by atoms with Gasteiger partial charge in [0.15, 0.2) is 4.96 Å². The molecule has 0 fully saturated rings. The number of imidazole rings is 1. The number of amides is 1.